The van der Waals surface area contributed by atoms with E-state index in [2.05, 4.69) is 10.0 Å². The molecular formula is C16H24N2O5S. The predicted octanol–water partition coefficient (Wildman–Crippen LogP) is 1.75. The summed E-state index contributed by atoms with van der Waals surface area (Å²) in [6.45, 7) is 3.52. The third kappa shape index (κ3) is 7.56. The Labute approximate surface area is 142 Å². The number of carboxylic acid groups (broad SMARTS) is 1. The number of amides is 1. The number of carbonyl (C=O) groups is 2. The molecule has 134 valence electrons. The van der Waals surface area contributed by atoms with Crippen LogP contribution in [0.5, 0.6) is 0 Å². The number of unbranched alkanes of at least 4 members (excludes halogenated alkanes) is 1. The normalized spacial score (nSPS) is 11.5. The molecule has 0 aromatic heterocycles. The number of sulfonamides is 1. The first-order valence-electron chi connectivity index (χ1n) is 7.80. The first-order valence-corrected chi connectivity index (χ1v) is 9.34. The van der Waals surface area contributed by atoms with Crippen molar-refractivity contribution in [3.05, 3.63) is 29.8 Å². The van der Waals surface area contributed by atoms with E-state index < -0.39 is 21.2 Å². The summed E-state index contributed by atoms with van der Waals surface area (Å²) < 4.78 is 25.6. The number of hydrogen-bond acceptors (Lipinski definition) is 4. The van der Waals surface area contributed by atoms with E-state index in [-0.39, 0.29) is 18.7 Å². The van der Waals surface area contributed by atoms with Crippen molar-refractivity contribution in [2.24, 2.45) is 0 Å². The molecule has 0 saturated carbocycles. The van der Waals surface area contributed by atoms with Gasteiger partial charge in [0.15, 0.2) is 0 Å². The molecule has 0 aliphatic carbocycles. The van der Waals surface area contributed by atoms with Gasteiger partial charge in [-0.1, -0.05) is 12.1 Å². The maximum atomic E-state index is 11.8. The van der Waals surface area contributed by atoms with E-state index in [0.717, 1.165) is 0 Å². The van der Waals surface area contributed by atoms with E-state index in [4.69, 9.17) is 5.11 Å². The van der Waals surface area contributed by atoms with E-state index in [9.17, 15) is 18.0 Å². The fourth-order valence-electron chi connectivity index (χ4n) is 1.95. The highest BCUT2D eigenvalue weighted by atomic mass is 32.2. The number of rotatable bonds is 10. The predicted molar refractivity (Wildman–Crippen MR) is 92.3 cm³/mol. The molecule has 0 unspecified atom stereocenters. The molecule has 0 heterocycles. The fraction of sp³-hybridized carbons (Fsp3) is 0.500. The molecule has 3 N–H and O–H groups in total. The summed E-state index contributed by atoms with van der Waals surface area (Å²) in [5.41, 5.74) is 1.17. The Hall–Kier alpha value is -1.93. The van der Waals surface area contributed by atoms with Crippen molar-refractivity contribution in [3.63, 3.8) is 0 Å². The van der Waals surface area contributed by atoms with Crippen molar-refractivity contribution < 1.29 is 23.1 Å². The maximum Gasteiger partial charge on any atom is 0.307 e. The molecule has 1 amide bonds. The number of benzene rings is 1. The van der Waals surface area contributed by atoms with Crippen molar-refractivity contribution in [1.29, 1.82) is 0 Å². The minimum atomic E-state index is -3.26. The van der Waals surface area contributed by atoms with Crippen LogP contribution in [-0.4, -0.2) is 37.2 Å². The van der Waals surface area contributed by atoms with E-state index in [1.807, 2.05) is 0 Å². The van der Waals surface area contributed by atoms with Crippen LogP contribution in [0, 0.1) is 0 Å². The van der Waals surface area contributed by atoms with Crippen LogP contribution in [0.2, 0.25) is 0 Å². The third-order valence-electron chi connectivity index (χ3n) is 3.32. The minimum absolute atomic E-state index is 0.0975. The van der Waals surface area contributed by atoms with E-state index in [1.165, 1.54) is 0 Å². The summed E-state index contributed by atoms with van der Waals surface area (Å²) in [6.07, 6.45) is 1.30. The van der Waals surface area contributed by atoms with Gasteiger partial charge in [0, 0.05) is 18.7 Å². The van der Waals surface area contributed by atoms with Crippen molar-refractivity contribution >= 4 is 27.6 Å². The average Bonchev–Trinajstić information content (AvgIpc) is 2.46. The summed E-state index contributed by atoms with van der Waals surface area (Å²) in [5.74, 6) is -1.11. The summed E-state index contributed by atoms with van der Waals surface area (Å²) in [5, 5.41) is 11.0. The van der Waals surface area contributed by atoms with Crippen molar-refractivity contribution in [2.75, 3.05) is 11.9 Å². The Bertz CT molecular complexity index is 671. The number of carboxylic acids is 1. The number of hydrogen-bond donors (Lipinski definition) is 3. The van der Waals surface area contributed by atoms with Gasteiger partial charge in [-0.05, 0) is 44.4 Å². The van der Waals surface area contributed by atoms with Gasteiger partial charge in [0.1, 0.15) is 0 Å². The lowest BCUT2D eigenvalue weighted by Gasteiger charge is -2.09. The number of nitrogens with one attached hydrogen (secondary N) is 2. The average molecular weight is 356 g/mol. The van der Waals surface area contributed by atoms with Crippen LogP contribution in [0.15, 0.2) is 24.3 Å². The van der Waals surface area contributed by atoms with Gasteiger partial charge in [-0.3, -0.25) is 9.59 Å². The highest BCUT2D eigenvalue weighted by Crippen LogP contribution is 2.12. The molecule has 1 aromatic rings. The molecule has 0 bridgehead atoms. The molecular weight excluding hydrogens is 332 g/mol. The second kappa shape index (κ2) is 9.39. The monoisotopic (exact) mass is 356 g/mol. The second-order valence-electron chi connectivity index (χ2n) is 5.76. The van der Waals surface area contributed by atoms with Crippen molar-refractivity contribution in [2.45, 2.75) is 44.8 Å². The van der Waals surface area contributed by atoms with Crippen LogP contribution >= 0.6 is 0 Å². The summed E-state index contributed by atoms with van der Waals surface area (Å²) in [7, 11) is -3.26. The highest BCUT2D eigenvalue weighted by Gasteiger charge is 2.14. The molecule has 1 aromatic carbocycles. The molecule has 0 radical (unpaired) electrons. The second-order valence-corrected chi connectivity index (χ2v) is 8.09. The van der Waals surface area contributed by atoms with Crippen LogP contribution in [0.25, 0.3) is 0 Å². The van der Waals surface area contributed by atoms with Crippen LogP contribution in [0.3, 0.4) is 0 Å². The summed E-state index contributed by atoms with van der Waals surface area (Å²) >= 11 is 0. The minimum Gasteiger partial charge on any atom is -0.481 e. The summed E-state index contributed by atoms with van der Waals surface area (Å²) in [6, 6.07) is 6.70. The fourth-order valence-corrected chi connectivity index (χ4v) is 2.71. The quantitative estimate of drug-likeness (QED) is 0.553. The molecule has 1 rings (SSSR count). The van der Waals surface area contributed by atoms with E-state index >= 15 is 0 Å². The molecule has 0 saturated heterocycles. The van der Waals surface area contributed by atoms with Crippen LogP contribution in [0.1, 0.15) is 38.7 Å². The smallest absolute Gasteiger partial charge is 0.307 e. The van der Waals surface area contributed by atoms with Gasteiger partial charge in [0.05, 0.1) is 11.7 Å². The SMILES string of the molecule is CC(C)S(=O)(=O)NCCCCC(=O)Nc1cccc(CC(=O)O)c1. The van der Waals surface area contributed by atoms with Crippen LogP contribution in [0.4, 0.5) is 5.69 Å². The highest BCUT2D eigenvalue weighted by molar-refractivity contribution is 7.90. The molecule has 7 nitrogen and oxygen atoms in total. The van der Waals surface area contributed by atoms with Gasteiger partial charge in [-0.25, -0.2) is 13.1 Å². The van der Waals surface area contributed by atoms with Gasteiger partial charge < -0.3 is 10.4 Å². The third-order valence-corrected chi connectivity index (χ3v) is 5.17. The Balaban J connectivity index is 2.33. The zero-order chi connectivity index (χ0) is 18.2. The Kier molecular flexibility index (Phi) is 7.87. The van der Waals surface area contributed by atoms with Crippen LogP contribution in [-0.2, 0) is 26.0 Å². The lowest BCUT2D eigenvalue weighted by Crippen LogP contribution is -2.31. The van der Waals surface area contributed by atoms with Crippen LogP contribution < -0.4 is 10.0 Å². The zero-order valence-electron chi connectivity index (χ0n) is 13.9. The first-order chi connectivity index (χ1) is 11.2. The Morgan fingerprint density at radius 1 is 1.21 bits per heavy atom. The summed E-state index contributed by atoms with van der Waals surface area (Å²) in [4.78, 5) is 22.5. The number of anilines is 1. The molecule has 0 atom stereocenters. The lowest BCUT2D eigenvalue weighted by molar-refractivity contribution is -0.136. The van der Waals surface area contributed by atoms with Crippen molar-refractivity contribution in [1.82, 2.24) is 4.72 Å². The topological polar surface area (TPSA) is 113 Å². The zero-order valence-corrected chi connectivity index (χ0v) is 14.7. The van der Waals surface area contributed by atoms with E-state index in [1.54, 1.807) is 38.1 Å². The van der Waals surface area contributed by atoms with Gasteiger partial charge >= 0.3 is 5.97 Å². The standard InChI is InChI=1S/C16H24N2O5S/c1-12(2)24(22,23)17-9-4-3-8-15(19)18-14-7-5-6-13(10-14)11-16(20)21/h5-7,10,12,17H,3-4,8-9,11H2,1-2H3,(H,18,19)(H,20,21). The molecule has 0 aliphatic heterocycles. The van der Waals surface area contributed by atoms with E-state index in [0.29, 0.717) is 30.6 Å². The van der Waals surface area contributed by atoms with Gasteiger partial charge in [-0.15, -0.1) is 0 Å². The largest absolute Gasteiger partial charge is 0.481 e. The molecule has 0 fully saturated rings. The first kappa shape index (κ1) is 20.1. The van der Waals surface area contributed by atoms with Gasteiger partial charge in [0.25, 0.3) is 0 Å². The molecule has 0 spiro atoms. The molecule has 24 heavy (non-hydrogen) atoms. The maximum absolute atomic E-state index is 11.8. The van der Waals surface area contributed by atoms with Gasteiger partial charge in [0.2, 0.25) is 15.9 Å². The lowest BCUT2D eigenvalue weighted by atomic mass is 10.1. The molecule has 8 heteroatoms. The van der Waals surface area contributed by atoms with Crippen molar-refractivity contribution in [3.8, 4) is 0 Å². The Morgan fingerprint density at radius 3 is 2.54 bits per heavy atom. The number of carbonyl (C=O) groups excluding carboxylic acids is 1. The Morgan fingerprint density at radius 2 is 1.92 bits per heavy atom. The number of aliphatic carboxylic acids is 1. The van der Waals surface area contributed by atoms with Gasteiger partial charge in [-0.2, -0.15) is 0 Å². The molecule has 0 aliphatic rings.